The third-order valence-corrected chi connectivity index (χ3v) is 3.58. The summed E-state index contributed by atoms with van der Waals surface area (Å²) in [4.78, 5) is 15.1. The van der Waals surface area contributed by atoms with Crippen LogP contribution in [0.2, 0.25) is 9.49 Å². The number of hydrogen-bond donors (Lipinski definition) is 1. The topological polar surface area (TPSA) is 68.1 Å². The summed E-state index contributed by atoms with van der Waals surface area (Å²) in [5.41, 5.74) is 0.242. The Kier molecular flexibility index (Phi) is 4.00. The summed E-state index contributed by atoms with van der Waals surface area (Å²) in [6.45, 7) is 0.384. The fourth-order valence-corrected chi connectivity index (χ4v) is 2.53. The van der Waals surface area contributed by atoms with Crippen molar-refractivity contribution in [1.29, 1.82) is 0 Å². The predicted molar refractivity (Wildman–Crippen MR) is 72.6 cm³/mol. The van der Waals surface area contributed by atoms with Crippen LogP contribution in [0.1, 0.15) is 4.88 Å². The SMILES string of the molecule is O=[N+]([O-])c1cccc(Cl)c1NCc1cnc(Cl)s1. The van der Waals surface area contributed by atoms with Gasteiger partial charge >= 0.3 is 0 Å². The van der Waals surface area contributed by atoms with Gasteiger partial charge in [0.25, 0.3) is 5.69 Å². The van der Waals surface area contributed by atoms with Crippen molar-refractivity contribution in [3.63, 3.8) is 0 Å². The van der Waals surface area contributed by atoms with E-state index in [2.05, 4.69) is 10.3 Å². The molecule has 1 aromatic heterocycles. The number of rotatable bonds is 4. The van der Waals surface area contributed by atoms with Crippen molar-refractivity contribution in [3.8, 4) is 0 Å². The van der Waals surface area contributed by atoms with Crippen LogP contribution in [0.15, 0.2) is 24.4 Å². The van der Waals surface area contributed by atoms with Gasteiger partial charge in [0.1, 0.15) is 5.69 Å². The molecule has 5 nitrogen and oxygen atoms in total. The number of thiazole rings is 1. The molecule has 0 unspecified atom stereocenters. The van der Waals surface area contributed by atoms with Crippen LogP contribution in [0.5, 0.6) is 0 Å². The molecule has 18 heavy (non-hydrogen) atoms. The second-order valence-corrected chi connectivity index (χ2v) is 5.43. The molecule has 0 atom stereocenters. The lowest BCUT2D eigenvalue weighted by molar-refractivity contribution is -0.383. The number of halogens is 2. The number of nitrogens with one attached hydrogen (secondary N) is 1. The maximum absolute atomic E-state index is 10.9. The summed E-state index contributed by atoms with van der Waals surface area (Å²) in [6.07, 6.45) is 1.61. The Morgan fingerprint density at radius 3 is 2.83 bits per heavy atom. The first-order valence-corrected chi connectivity index (χ1v) is 6.42. The molecule has 0 amide bonds. The predicted octanol–water partition coefficient (Wildman–Crippen LogP) is 3.97. The largest absolute Gasteiger partial charge is 0.373 e. The van der Waals surface area contributed by atoms with Gasteiger partial charge in [-0.2, -0.15) is 0 Å². The second kappa shape index (κ2) is 5.51. The van der Waals surface area contributed by atoms with Gasteiger partial charge < -0.3 is 5.32 Å². The van der Waals surface area contributed by atoms with E-state index in [-0.39, 0.29) is 5.69 Å². The Labute approximate surface area is 117 Å². The Morgan fingerprint density at radius 1 is 1.44 bits per heavy atom. The number of hydrogen-bond acceptors (Lipinski definition) is 5. The minimum Gasteiger partial charge on any atom is -0.373 e. The molecule has 2 rings (SSSR count). The summed E-state index contributed by atoms with van der Waals surface area (Å²) in [6, 6.07) is 4.53. The van der Waals surface area contributed by atoms with Crippen LogP contribution < -0.4 is 5.32 Å². The molecule has 1 heterocycles. The summed E-state index contributed by atoms with van der Waals surface area (Å²) in [5, 5.41) is 14.1. The number of benzene rings is 1. The van der Waals surface area contributed by atoms with E-state index < -0.39 is 4.92 Å². The lowest BCUT2D eigenvalue weighted by Crippen LogP contribution is -2.02. The highest BCUT2D eigenvalue weighted by molar-refractivity contribution is 7.15. The van der Waals surface area contributed by atoms with Crippen LogP contribution in [0, 0.1) is 10.1 Å². The van der Waals surface area contributed by atoms with Crippen LogP contribution in [-0.4, -0.2) is 9.91 Å². The van der Waals surface area contributed by atoms with Gasteiger partial charge in [0.2, 0.25) is 0 Å². The molecule has 8 heteroatoms. The summed E-state index contributed by atoms with van der Waals surface area (Å²) in [7, 11) is 0. The smallest absolute Gasteiger partial charge is 0.293 e. The molecule has 0 saturated heterocycles. The van der Waals surface area contributed by atoms with E-state index in [1.54, 1.807) is 12.3 Å². The average molecular weight is 304 g/mol. The van der Waals surface area contributed by atoms with Crippen LogP contribution in [0.3, 0.4) is 0 Å². The van der Waals surface area contributed by atoms with Gasteiger partial charge in [-0.25, -0.2) is 4.98 Å². The minimum atomic E-state index is -0.478. The quantitative estimate of drug-likeness (QED) is 0.685. The van der Waals surface area contributed by atoms with Gasteiger partial charge in [0.05, 0.1) is 16.5 Å². The minimum absolute atomic E-state index is 0.0573. The lowest BCUT2D eigenvalue weighted by Gasteiger charge is -2.07. The molecule has 0 saturated carbocycles. The Morgan fingerprint density at radius 2 is 2.22 bits per heavy atom. The van der Waals surface area contributed by atoms with Gasteiger partial charge in [0, 0.05) is 17.1 Å². The molecule has 0 aliphatic heterocycles. The number of nitrogens with zero attached hydrogens (tertiary/aromatic N) is 2. The fraction of sp³-hybridized carbons (Fsp3) is 0.100. The van der Waals surface area contributed by atoms with Crippen molar-refractivity contribution in [3.05, 3.63) is 48.9 Å². The number of anilines is 1. The summed E-state index contributed by atoms with van der Waals surface area (Å²) >= 11 is 12.9. The van der Waals surface area contributed by atoms with Gasteiger partial charge in [-0.15, -0.1) is 11.3 Å². The van der Waals surface area contributed by atoms with Crippen LogP contribution in [0.25, 0.3) is 0 Å². The molecule has 0 bridgehead atoms. The first-order chi connectivity index (χ1) is 8.58. The van der Waals surface area contributed by atoms with Crippen molar-refractivity contribution >= 4 is 45.9 Å². The second-order valence-electron chi connectivity index (χ2n) is 3.32. The average Bonchev–Trinajstić information content (AvgIpc) is 2.73. The molecule has 94 valence electrons. The van der Waals surface area contributed by atoms with Crippen molar-refractivity contribution < 1.29 is 4.92 Å². The zero-order chi connectivity index (χ0) is 13.1. The van der Waals surface area contributed by atoms with Gasteiger partial charge in [-0.3, -0.25) is 10.1 Å². The number of nitro benzene ring substituents is 1. The number of para-hydroxylation sites is 1. The molecular weight excluding hydrogens is 297 g/mol. The molecule has 2 aromatic rings. The van der Waals surface area contributed by atoms with Crippen LogP contribution >= 0.6 is 34.5 Å². The van der Waals surface area contributed by atoms with Crippen molar-refractivity contribution in [1.82, 2.24) is 4.98 Å². The maximum Gasteiger partial charge on any atom is 0.293 e. The highest BCUT2D eigenvalue weighted by Gasteiger charge is 2.16. The molecule has 0 radical (unpaired) electrons. The number of nitro groups is 1. The third-order valence-electron chi connectivity index (χ3n) is 2.15. The van der Waals surface area contributed by atoms with E-state index in [1.165, 1.54) is 23.5 Å². The lowest BCUT2D eigenvalue weighted by atomic mass is 10.2. The Hall–Kier alpha value is -1.37. The zero-order valence-electron chi connectivity index (χ0n) is 8.89. The Bertz CT molecular complexity index is 588. The summed E-state index contributed by atoms with van der Waals surface area (Å²) in [5.74, 6) is 0. The summed E-state index contributed by atoms with van der Waals surface area (Å²) < 4.78 is 0.431. The van der Waals surface area contributed by atoms with E-state index in [4.69, 9.17) is 23.2 Å². The number of aromatic nitrogens is 1. The van der Waals surface area contributed by atoms with E-state index in [0.717, 1.165) is 4.88 Å². The highest BCUT2D eigenvalue weighted by Crippen LogP contribution is 2.32. The van der Waals surface area contributed by atoms with Crippen LogP contribution in [0.4, 0.5) is 11.4 Å². The molecule has 0 spiro atoms. The van der Waals surface area contributed by atoms with E-state index in [9.17, 15) is 10.1 Å². The monoisotopic (exact) mass is 303 g/mol. The maximum atomic E-state index is 10.9. The first kappa shape index (κ1) is 13.1. The zero-order valence-corrected chi connectivity index (χ0v) is 11.2. The molecule has 0 aliphatic rings. The van der Waals surface area contributed by atoms with Crippen LogP contribution in [-0.2, 0) is 6.54 Å². The highest BCUT2D eigenvalue weighted by atomic mass is 35.5. The fourth-order valence-electron chi connectivity index (χ4n) is 1.38. The van der Waals surface area contributed by atoms with Crippen molar-refractivity contribution in [2.75, 3.05) is 5.32 Å². The van der Waals surface area contributed by atoms with Gasteiger partial charge in [-0.1, -0.05) is 29.3 Å². The van der Waals surface area contributed by atoms with Gasteiger partial charge in [-0.05, 0) is 6.07 Å². The Balaban J connectivity index is 2.20. The van der Waals surface area contributed by atoms with Crippen molar-refractivity contribution in [2.45, 2.75) is 6.54 Å². The molecule has 1 aromatic carbocycles. The molecule has 0 aliphatic carbocycles. The molecular formula is C10H7Cl2N3O2S. The standard InChI is InChI=1S/C10H7Cl2N3O2S/c11-7-2-1-3-8(15(16)17)9(7)13-4-6-5-14-10(12)18-6/h1-3,5,13H,4H2. The first-order valence-electron chi connectivity index (χ1n) is 4.85. The van der Waals surface area contributed by atoms with E-state index in [1.807, 2.05) is 0 Å². The molecule has 1 N–H and O–H groups in total. The van der Waals surface area contributed by atoms with Gasteiger partial charge in [0.15, 0.2) is 4.47 Å². The van der Waals surface area contributed by atoms with Crippen molar-refractivity contribution in [2.24, 2.45) is 0 Å². The van der Waals surface area contributed by atoms with E-state index in [0.29, 0.717) is 21.7 Å². The third kappa shape index (κ3) is 2.90. The normalized spacial score (nSPS) is 10.3. The molecule has 0 fully saturated rings. The van der Waals surface area contributed by atoms with E-state index >= 15 is 0 Å².